The number of hydrogen-bond donors (Lipinski definition) is 2. The van der Waals surface area contributed by atoms with Crippen LogP contribution in [-0.4, -0.2) is 25.2 Å². The highest BCUT2D eigenvalue weighted by Gasteiger charge is 2.04. The third-order valence-corrected chi connectivity index (χ3v) is 1.62. The summed E-state index contributed by atoms with van der Waals surface area (Å²) in [7, 11) is 0. The Morgan fingerprint density at radius 3 is 2.60 bits per heavy atom. The van der Waals surface area contributed by atoms with Crippen LogP contribution in [0.5, 0.6) is 0 Å². The van der Waals surface area contributed by atoms with Crippen LogP contribution in [0.1, 0.15) is 12.8 Å². The molecule has 0 saturated carbocycles. The quantitative estimate of drug-likeness (QED) is 0.522. The lowest BCUT2D eigenvalue weighted by Gasteiger charge is -2.12. The lowest BCUT2D eigenvalue weighted by molar-refractivity contribution is -0.137. The molecule has 0 spiro atoms. The fraction of sp³-hybridized carbons (Fsp3) is 0.750. The molecular weight excluding hydrogens is 158 g/mol. The Bertz CT molecular complexity index is 148. The first kappa shape index (κ1) is 9.54. The van der Waals surface area contributed by atoms with E-state index in [9.17, 15) is 13.6 Å². The molecule has 0 fully saturated rings. The monoisotopic (exact) mass is 166 g/mol. The van der Waals surface area contributed by atoms with Gasteiger partial charge in [-0.05, 0) is 17.5 Å². The molecule has 0 aromatic rings. The van der Waals surface area contributed by atoms with Gasteiger partial charge in [0.25, 0.3) is 0 Å². The zero-order valence-corrected chi connectivity index (χ0v) is 5.97. The van der Waals surface area contributed by atoms with Crippen molar-refractivity contribution >= 4 is 17.0 Å². The minimum Gasteiger partial charge on any atom is -0.771 e. The molecule has 0 heterocycles. The zero-order chi connectivity index (χ0) is 8.15. The summed E-state index contributed by atoms with van der Waals surface area (Å²) in [6.45, 7) is 0. The summed E-state index contributed by atoms with van der Waals surface area (Å²) in [6, 6.07) is 0. The van der Waals surface area contributed by atoms with E-state index in [0.717, 1.165) is 0 Å². The van der Waals surface area contributed by atoms with Crippen molar-refractivity contribution in [2.24, 2.45) is 5.73 Å². The lowest BCUT2D eigenvalue weighted by atomic mass is 10.3. The summed E-state index contributed by atoms with van der Waals surface area (Å²) in [6.07, 6.45) is -0.249. The minimum absolute atomic E-state index is 0.0363. The maximum absolute atomic E-state index is 9.99. The van der Waals surface area contributed by atoms with Gasteiger partial charge >= 0.3 is 5.97 Å². The van der Waals surface area contributed by atoms with Gasteiger partial charge in [-0.15, -0.1) is 0 Å². The van der Waals surface area contributed by atoms with Gasteiger partial charge in [-0.1, -0.05) is 0 Å². The summed E-state index contributed by atoms with van der Waals surface area (Å²) < 4.78 is 20.0. The first-order chi connectivity index (χ1) is 4.54. The van der Waals surface area contributed by atoms with E-state index >= 15 is 0 Å². The summed E-state index contributed by atoms with van der Waals surface area (Å²) >= 11 is -2.36. The Morgan fingerprint density at radius 1 is 1.80 bits per heavy atom. The van der Waals surface area contributed by atoms with Crippen molar-refractivity contribution < 1.29 is 18.7 Å². The van der Waals surface area contributed by atoms with Crippen LogP contribution in [0.15, 0.2) is 0 Å². The van der Waals surface area contributed by atoms with E-state index in [1.165, 1.54) is 0 Å². The Kier molecular flexibility index (Phi) is 4.17. The number of rotatable bonds is 4. The van der Waals surface area contributed by atoms with Gasteiger partial charge in [-0.25, -0.2) is 0 Å². The molecule has 0 aliphatic rings. The maximum Gasteiger partial charge on any atom is 0.303 e. The van der Waals surface area contributed by atoms with E-state index in [0.29, 0.717) is 0 Å². The molecule has 2 unspecified atom stereocenters. The van der Waals surface area contributed by atoms with Gasteiger partial charge < -0.3 is 15.4 Å². The normalized spacial score (nSPS) is 16.2. The van der Waals surface area contributed by atoms with Crippen LogP contribution in [0.4, 0.5) is 0 Å². The second-order valence-corrected chi connectivity index (χ2v) is 2.86. The average Bonchev–Trinajstić information content (AvgIpc) is 1.82. The van der Waals surface area contributed by atoms with E-state index in [1.54, 1.807) is 0 Å². The molecule has 0 aliphatic carbocycles. The Labute approximate surface area is 60.5 Å². The average molecular weight is 166 g/mol. The van der Waals surface area contributed by atoms with Gasteiger partial charge in [0.1, 0.15) is 0 Å². The van der Waals surface area contributed by atoms with Crippen LogP contribution in [0, 0.1) is 0 Å². The highest BCUT2D eigenvalue weighted by atomic mass is 32.2. The Balaban J connectivity index is 3.49. The van der Waals surface area contributed by atoms with E-state index in [-0.39, 0.29) is 12.8 Å². The molecule has 0 amide bonds. The summed E-state index contributed by atoms with van der Waals surface area (Å²) in [4.78, 5) is 9.87. The van der Waals surface area contributed by atoms with Gasteiger partial charge in [0.05, 0.1) is 5.37 Å². The minimum atomic E-state index is -2.36. The van der Waals surface area contributed by atoms with Gasteiger partial charge in [0.15, 0.2) is 0 Å². The van der Waals surface area contributed by atoms with E-state index < -0.39 is 22.4 Å². The van der Waals surface area contributed by atoms with Crippen LogP contribution in [-0.2, 0) is 15.9 Å². The molecule has 0 aliphatic heterocycles. The molecule has 3 N–H and O–H groups in total. The van der Waals surface area contributed by atoms with Crippen LogP contribution >= 0.6 is 0 Å². The topological polar surface area (TPSA) is 103 Å². The van der Waals surface area contributed by atoms with Crippen molar-refractivity contribution in [2.45, 2.75) is 18.2 Å². The highest BCUT2D eigenvalue weighted by molar-refractivity contribution is 7.79. The number of hydrogen-bond acceptors (Lipinski definition) is 4. The second-order valence-electron chi connectivity index (χ2n) is 1.73. The van der Waals surface area contributed by atoms with Crippen molar-refractivity contribution in [1.29, 1.82) is 0 Å². The van der Waals surface area contributed by atoms with Gasteiger partial charge in [0.2, 0.25) is 0 Å². The SMILES string of the molecule is NC(CCC(=O)O)S(=O)[O-]. The lowest BCUT2D eigenvalue weighted by Crippen LogP contribution is -2.26. The van der Waals surface area contributed by atoms with Crippen LogP contribution < -0.4 is 5.73 Å². The number of carbonyl (C=O) groups is 1. The van der Waals surface area contributed by atoms with Crippen molar-refractivity contribution in [3.63, 3.8) is 0 Å². The first-order valence-corrected chi connectivity index (χ1v) is 3.73. The molecule has 0 rings (SSSR count). The molecule has 5 nitrogen and oxygen atoms in total. The molecule has 0 aromatic carbocycles. The highest BCUT2D eigenvalue weighted by Crippen LogP contribution is 1.96. The standard InChI is InChI=1S/C4H9NO4S/c5-3(10(8)9)1-2-4(6)7/h3H,1-2,5H2,(H,6,7)(H,8,9)/p-1. The number of nitrogens with two attached hydrogens (primary N) is 1. The van der Waals surface area contributed by atoms with Crippen molar-refractivity contribution in [1.82, 2.24) is 0 Å². The number of carboxylic acids is 1. The third-order valence-electron chi connectivity index (χ3n) is 0.890. The molecule has 0 saturated heterocycles. The molecule has 0 bridgehead atoms. The third kappa shape index (κ3) is 4.42. The van der Waals surface area contributed by atoms with Gasteiger partial charge in [-0.2, -0.15) is 0 Å². The summed E-state index contributed by atoms with van der Waals surface area (Å²) in [5, 5.41) is 7.03. The molecule has 2 atom stereocenters. The maximum atomic E-state index is 9.99. The molecular formula is C4H8NO4S-. The van der Waals surface area contributed by atoms with Gasteiger partial charge in [-0.3, -0.25) is 9.00 Å². The van der Waals surface area contributed by atoms with Crippen molar-refractivity contribution in [3.8, 4) is 0 Å². The zero-order valence-electron chi connectivity index (χ0n) is 5.15. The Morgan fingerprint density at radius 2 is 2.30 bits per heavy atom. The van der Waals surface area contributed by atoms with Crippen molar-refractivity contribution in [3.05, 3.63) is 0 Å². The van der Waals surface area contributed by atoms with E-state index in [2.05, 4.69) is 0 Å². The van der Waals surface area contributed by atoms with Crippen LogP contribution in [0.25, 0.3) is 0 Å². The number of aliphatic carboxylic acids is 1. The largest absolute Gasteiger partial charge is 0.771 e. The van der Waals surface area contributed by atoms with E-state index in [4.69, 9.17) is 10.8 Å². The molecule has 0 aromatic heterocycles. The predicted molar refractivity (Wildman–Crippen MR) is 33.8 cm³/mol. The molecule has 10 heavy (non-hydrogen) atoms. The summed E-state index contributed by atoms with van der Waals surface area (Å²) in [5.74, 6) is -1.04. The molecule has 60 valence electrons. The molecule has 6 heteroatoms. The Hall–Kier alpha value is -0.460. The first-order valence-electron chi connectivity index (χ1n) is 2.59. The van der Waals surface area contributed by atoms with Gasteiger partial charge in [0, 0.05) is 6.42 Å². The molecule has 0 radical (unpaired) electrons. The van der Waals surface area contributed by atoms with Crippen LogP contribution in [0.3, 0.4) is 0 Å². The fourth-order valence-electron chi connectivity index (χ4n) is 0.362. The fourth-order valence-corrected chi connectivity index (χ4v) is 0.672. The smallest absolute Gasteiger partial charge is 0.303 e. The van der Waals surface area contributed by atoms with Crippen LogP contribution in [0.2, 0.25) is 0 Å². The predicted octanol–water partition coefficient (Wildman–Crippen LogP) is -0.985. The van der Waals surface area contributed by atoms with E-state index in [1.807, 2.05) is 0 Å². The second kappa shape index (κ2) is 4.37. The van der Waals surface area contributed by atoms with Crippen molar-refractivity contribution in [2.75, 3.05) is 0 Å². The number of carboxylic acid groups (broad SMARTS) is 1. The summed E-state index contributed by atoms with van der Waals surface area (Å²) in [5.41, 5.74) is 4.99.